The van der Waals surface area contributed by atoms with Gasteiger partial charge < -0.3 is 15.3 Å². The van der Waals surface area contributed by atoms with Crippen molar-refractivity contribution in [2.75, 3.05) is 25.0 Å². The molecule has 4 aromatic heterocycles. The zero-order valence-electron chi connectivity index (χ0n) is 14.9. The molecule has 0 saturated carbocycles. The number of fused-ring (bicyclic) bond motifs is 1. The highest BCUT2D eigenvalue weighted by molar-refractivity contribution is 7.29. The number of aromatic hydroxyl groups is 1. The molecule has 5 heterocycles. The van der Waals surface area contributed by atoms with Crippen molar-refractivity contribution in [2.24, 2.45) is 0 Å². The number of anilines is 1. The van der Waals surface area contributed by atoms with Crippen LogP contribution < -0.4 is 10.2 Å². The van der Waals surface area contributed by atoms with Gasteiger partial charge in [0.2, 0.25) is 0 Å². The first-order chi connectivity index (χ1) is 13.2. The number of aromatic amines is 1. The van der Waals surface area contributed by atoms with Crippen molar-refractivity contribution < 1.29 is 5.11 Å². The van der Waals surface area contributed by atoms with E-state index in [2.05, 4.69) is 37.4 Å². The number of hydrogen-bond acceptors (Lipinski definition) is 9. The molecule has 0 spiro atoms. The predicted molar refractivity (Wildman–Crippen MR) is 115 cm³/mol. The van der Waals surface area contributed by atoms with Crippen LogP contribution in [0.15, 0.2) is 24.7 Å². The van der Waals surface area contributed by atoms with Gasteiger partial charge in [-0.15, -0.1) is 12.4 Å². The number of halogens is 1. The van der Waals surface area contributed by atoms with E-state index in [-0.39, 0.29) is 18.2 Å². The van der Waals surface area contributed by atoms with Crippen LogP contribution in [0.5, 0.6) is 5.75 Å². The molecule has 146 valence electrons. The van der Waals surface area contributed by atoms with Crippen molar-refractivity contribution in [1.29, 1.82) is 0 Å². The number of pyridine rings is 1. The van der Waals surface area contributed by atoms with Gasteiger partial charge in [-0.2, -0.15) is 5.10 Å². The minimum atomic E-state index is 0. The summed E-state index contributed by atoms with van der Waals surface area (Å²) in [7, 11) is 2.09. The number of nitrogens with one attached hydrogen (secondary N) is 2. The summed E-state index contributed by atoms with van der Waals surface area (Å²) in [6.45, 7) is 2.04. The normalized spacial score (nSPS) is 16.4. The van der Waals surface area contributed by atoms with E-state index in [9.17, 15) is 5.11 Å². The molecule has 1 atom stereocenters. The van der Waals surface area contributed by atoms with Crippen LogP contribution in [0.25, 0.3) is 31.5 Å². The molecule has 3 N–H and O–H groups in total. The third-order valence-electron chi connectivity index (χ3n) is 4.75. The van der Waals surface area contributed by atoms with Gasteiger partial charge >= 0.3 is 0 Å². The molecule has 1 aliphatic rings. The molecular formula is C17H18ClN7OS2. The average Bonchev–Trinajstić information content (AvgIpc) is 3.45. The molecule has 1 fully saturated rings. The highest BCUT2D eigenvalue weighted by Crippen LogP contribution is 2.39. The molecule has 1 aliphatic heterocycles. The molecule has 0 aromatic carbocycles. The van der Waals surface area contributed by atoms with E-state index < -0.39 is 0 Å². The van der Waals surface area contributed by atoms with Gasteiger partial charge in [0, 0.05) is 43.2 Å². The Labute approximate surface area is 175 Å². The predicted octanol–water partition coefficient (Wildman–Crippen LogP) is 3.13. The zero-order valence-corrected chi connectivity index (χ0v) is 17.4. The van der Waals surface area contributed by atoms with Crippen molar-refractivity contribution in [3.63, 3.8) is 0 Å². The fraction of sp³-hybridized carbons (Fsp3) is 0.294. The third-order valence-corrected chi connectivity index (χ3v) is 6.88. The Morgan fingerprint density at radius 3 is 2.71 bits per heavy atom. The third kappa shape index (κ3) is 3.32. The summed E-state index contributed by atoms with van der Waals surface area (Å²) in [5.41, 5.74) is 2.16. The lowest BCUT2D eigenvalue weighted by Crippen LogP contribution is -2.33. The molecule has 0 amide bonds. The number of likely N-dealkylation sites (N-methyl/N-ethyl adjacent to an activating group) is 1. The van der Waals surface area contributed by atoms with Crippen molar-refractivity contribution in [2.45, 2.75) is 12.5 Å². The van der Waals surface area contributed by atoms with Crippen LogP contribution in [0.1, 0.15) is 6.42 Å². The first kappa shape index (κ1) is 19.1. The number of aromatic nitrogens is 5. The highest BCUT2D eigenvalue weighted by atomic mass is 35.5. The first-order valence-corrected chi connectivity index (χ1v) is 10.2. The molecule has 28 heavy (non-hydrogen) atoms. The minimum absolute atomic E-state index is 0. The summed E-state index contributed by atoms with van der Waals surface area (Å²) in [4.78, 5) is 17.8. The Kier molecular flexibility index (Phi) is 5.19. The monoisotopic (exact) mass is 435 g/mol. The van der Waals surface area contributed by atoms with Crippen molar-refractivity contribution >= 4 is 49.9 Å². The Morgan fingerprint density at radius 1 is 1.18 bits per heavy atom. The molecule has 0 aliphatic carbocycles. The van der Waals surface area contributed by atoms with E-state index in [0.717, 1.165) is 45.4 Å². The summed E-state index contributed by atoms with van der Waals surface area (Å²) >= 11 is 3.03. The van der Waals surface area contributed by atoms with Gasteiger partial charge in [-0.1, -0.05) is 22.7 Å². The molecule has 11 heteroatoms. The Hall–Kier alpha value is -2.27. The van der Waals surface area contributed by atoms with Gasteiger partial charge in [-0.3, -0.25) is 5.10 Å². The van der Waals surface area contributed by atoms with E-state index in [4.69, 9.17) is 4.98 Å². The second-order valence-electron chi connectivity index (χ2n) is 6.46. The lowest BCUT2D eigenvalue weighted by molar-refractivity contribution is 0.475. The van der Waals surface area contributed by atoms with Crippen LogP contribution >= 0.6 is 35.1 Å². The smallest absolute Gasteiger partial charge is 0.188 e. The molecule has 0 bridgehead atoms. The summed E-state index contributed by atoms with van der Waals surface area (Å²) in [5, 5.41) is 22.2. The number of hydrogen-bond donors (Lipinski definition) is 3. The van der Waals surface area contributed by atoms with Crippen LogP contribution in [0.2, 0.25) is 0 Å². The van der Waals surface area contributed by atoms with E-state index in [1.54, 1.807) is 36.0 Å². The quantitative estimate of drug-likeness (QED) is 0.452. The largest absolute Gasteiger partial charge is 0.506 e. The molecule has 8 nitrogen and oxygen atoms in total. The number of thiazole rings is 2. The topological polar surface area (TPSA) is 103 Å². The maximum absolute atomic E-state index is 10.4. The van der Waals surface area contributed by atoms with Gasteiger partial charge in [0.05, 0.1) is 6.20 Å². The van der Waals surface area contributed by atoms with Crippen molar-refractivity contribution in [3.05, 3.63) is 24.7 Å². The fourth-order valence-corrected chi connectivity index (χ4v) is 5.27. The molecular weight excluding hydrogens is 418 g/mol. The second kappa shape index (κ2) is 7.63. The second-order valence-corrected chi connectivity index (χ2v) is 8.40. The van der Waals surface area contributed by atoms with E-state index >= 15 is 0 Å². The Morgan fingerprint density at radius 2 is 2.04 bits per heavy atom. The standard InChI is InChI=1S/C17H17N7OS2.ClH/c1-24(11-2-3-18-8-11)17-23-16-15(27-17)22-14(26-16)13-12(25)4-9(5-19-13)10-6-20-21-7-10;/h4-7,11,18,25H,2-3,8H2,1H3,(H,20,21);1H/t11-;/m0./s1. The van der Waals surface area contributed by atoms with E-state index in [1.165, 1.54) is 11.3 Å². The van der Waals surface area contributed by atoms with E-state index in [1.807, 2.05) is 0 Å². The van der Waals surface area contributed by atoms with Gasteiger partial charge in [0.1, 0.15) is 16.5 Å². The van der Waals surface area contributed by atoms with Gasteiger partial charge in [-0.25, -0.2) is 15.0 Å². The van der Waals surface area contributed by atoms with Crippen LogP contribution in [0.3, 0.4) is 0 Å². The van der Waals surface area contributed by atoms with Gasteiger partial charge in [-0.05, 0) is 19.0 Å². The minimum Gasteiger partial charge on any atom is -0.506 e. The molecule has 5 rings (SSSR count). The maximum atomic E-state index is 10.4. The number of H-pyrrole nitrogens is 1. The lowest BCUT2D eigenvalue weighted by atomic mass is 10.1. The molecule has 1 saturated heterocycles. The highest BCUT2D eigenvalue weighted by Gasteiger charge is 2.23. The number of nitrogens with zero attached hydrogens (tertiary/aromatic N) is 5. The summed E-state index contributed by atoms with van der Waals surface area (Å²) in [6.07, 6.45) is 6.30. The Balaban J connectivity index is 0.00000192. The number of rotatable bonds is 4. The maximum Gasteiger partial charge on any atom is 0.188 e. The van der Waals surface area contributed by atoms with Crippen LogP contribution in [-0.2, 0) is 0 Å². The summed E-state index contributed by atoms with van der Waals surface area (Å²) in [6, 6.07) is 2.16. The Bertz CT molecular complexity index is 1060. The van der Waals surface area contributed by atoms with Crippen LogP contribution in [-0.4, -0.2) is 56.4 Å². The summed E-state index contributed by atoms with van der Waals surface area (Å²) < 4.78 is 0. The van der Waals surface area contributed by atoms with Crippen LogP contribution in [0, 0.1) is 0 Å². The zero-order chi connectivity index (χ0) is 18.4. The SMILES string of the molecule is CN(c1nc2sc(-c3ncc(-c4cn[nH]c4)cc3O)nc2s1)[C@H]1CCNC1.Cl. The molecule has 0 unspecified atom stereocenters. The molecule has 4 aromatic rings. The fourth-order valence-electron chi connectivity index (χ4n) is 3.19. The van der Waals surface area contributed by atoms with E-state index in [0.29, 0.717) is 16.7 Å². The first-order valence-electron chi connectivity index (χ1n) is 8.58. The molecule has 0 radical (unpaired) electrons. The van der Waals surface area contributed by atoms with Crippen molar-refractivity contribution in [3.8, 4) is 27.6 Å². The lowest BCUT2D eigenvalue weighted by Gasteiger charge is -2.22. The van der Waals surface area contributed by atoms with Gasteiger partial charge in [0.15, 0.2) is 14.8 Å². The van der Waals surface area contributed by atoms with Gasteiger partial charge in [0.25, 0.3) is 0 Å². The van der Waals surface area contributed by atoms with Crippen LogP contribution in [0.4, 0.5) is 5.13 Å². The van der Waals surface area contributed by atoms with Crippen molar-refractivity contribution in [1.82, 2.24) is 30.5 Å². The summed E-state index contributed by atoms with van der Waals surface area (Å²) in [5.74, 6) is 0.101. The average molecular weight is 436 g/mol.